The van der Waals surface area contributed by atoms with Gasteiger partial charge in [0.25, 0.3) is 0 Å². The Morgan fingerprint density at radius 3 is 2.55 bits per heavy atom. The smallest absolute Gasteiger partial charge is 0.193 e. The van der Waals surface area contributed by atoms with Crippen LogP contribution in [0.2, 0.25) is 5.22 Å². The molecule has 0 bridgehead atoms. The maximum atomic E-state index is 5.59. The molecule has 1 heterocycles. The van der Waals surface area contributed by atoms with E-state index in [9.17, 15) is 0 Å². The Balaban J connectivity index is 3.04. The zero-order valence-electron chi connectivity index (χ0n) is 6.52. The van der Waals surface area contributed by atoms with Crippen molar-refractivity contribution in [2.24, 2.45) is 0 Å². The van der Waals surface area contributed by atoms with Crippen molar-refractivity contribution >= 4 is 11.6 Å². The van der Waals surface area contributed by atoms with E-state index in [1.54, 1.807) is 12.1 Å². The minimum Gasteiger partial charge on any atom is -0.448 e. The molecule has 1 aromatic rings. The van der Waals surface area contributed by atoms with Crippen LogP contribution in [-0.2, 0) is 5.41 Å². The largest absolute Gasteiger partial charge is 0.448 e. The van der Waals surface area contributed by atoms with Crippen LogP contribution < -0.4 is 0 Å². The van der Waals surface area contributed by atoms with Gasteiger partial charge >= 0.3 is 0 Å². The summed E-state index contributed by atoms with van der Waals surface area (Å²) in [5, 5.41) is 0.378. The first-order chi connectivity index (χ1) is 5.06. The molecule has 0 unspecified atom stereocenters. The second kappa shape index (κ2) is 2.64. The van der Waals surface area contributed by atoms with Crippen LogP contribution in [0.3, 0.4) is 0 Å². The van der Waals surface area contributed by atoms with E-state index in [-0.39, 0.29) is 5.41 Å². The number of rotatable bonds is 1. The first-order valence-corrected chi connectivity index (χ1v) is 3.67. The van der Waals surface area contributed by atoms with Gasteiger partial charge in [-0.1, -0.05) is 5.92 Å². The van der Waals surface area contributed by atoms with Gasteiger partial charge in [0.05, 0.1) is 5.41 Å². The molecular weight excluding hydrogens is 160 g/mol. The van der Waals surface area contributed by atoms with E-state index < -0.39 is 0 Å². The van der Waals surface area contributed by atoms with Crippen molar-refractivity contribution in [3.63, 3.8) is 0 Å². The summed E-state index contributed by atoms with van der Waals surface area (Å²) in [5.74, 6) is 3.35. The molecule has 0 aliphatic heterocycles. The van der Waals surface area contributed by atoms with Gasteiger partial charge in [-0.3, -0.25) is 0 Å². The van der Waals surface area contributed by atoms with Crippen LogP contribution in [0.15, 0.2) is 16.5 Å². The van der Waals surface area contributed by atoms with Crippen LogP contribution in [0.5, 0.6) is 0 Å². The van der Waals surface area contributed by atoms with E-state index in [1.165, 1.54) is 0 Å². The summed E-state index contributed by atoms with van der Waals surface area (Å²) in [5.41, 5.74) is -0.368. The van der Waals surface area contributed by atoms with Gasteiger partial charge in [-0.15, -0.1) is 6.42 Å². The Morgan fingerprint density at radius 2 is 2.18 bits per heavy atom. The standard InChI is InChI=1S/C9H9ClO/c1-4-9(2,3)7-5-6-8(10)11-7/h1,5-6H,2-3H3. The maximum absolute atomic E-state index is 5.59. The van der Waals surface area contributed by atoms with E-state index in [0.717, 1.165) is 5.76 Å². The summed E-state index contributed by atoms with van der Waals surface area (Å²) >= 11 is 5.59. The van der Waals surface area contributed by atoms with Gasteiger partial charge < -0.3 is 4.42 Å². The van der Waals surface area contributed by atoms with E-state index in [4.69, 9.17) is 22.4 Å². The summed E-state index contributed by atoms with van der Waals surface area (Å²) in [7, 11) is 0. The molecule has 0 atom stereocenters. The molecule has 2 heteroatoms. The molecule has 0 aliphatic carbocycles. The first kappa shape index (κ1) is 8.23. The SMILES string of the molecule is C#CC(C)(C)c1ccc(Cl)o1. The maximum Gasteiger partial charge on any atom is 0.193 e. The highest BCUT2D eigenvalue weighted by atomic mass is 35.5. The van der Waals surface area contributed by atoms with Crippen molar-refractivity contribution in [3.05, 3.63) is 23.1 Å². The van der Waals surface area contributed by atoms with Crippen molar-refractivity contribution < 1.29 is 4.42 Å². The minimum atomic E-state index is -0.368. The van der Waals surface area contributed by atoms with E-state index in [2.05, 4.69) is 5.92 Å². The summed E-state index contributed by atoms with van der Waals surface area (Å²) in [6.07, 6.45) is 5.29. The van der Waals surface area contributed by atoms with Crippen LogP contribution >= 0.6 is 11.6 Å². The van der Waals surface area contributed by atoms with Crippen LogP contribution in [0.25, 0.3) is 0 Å². The van der Waals surface area contributed by atoms with Gasteiger partial charge in [0.2, 0.25) is 0 Å². The van der Waals surface area contributed by atoms with Crippen molar-refractivity contribution in [1.29, 1.82) is 0 Å². The Morgan fingerprint density at radius 1 is 1.55 bits per heavy atom. The molecular formula is C9H9ClO. The van der Waals surface area contributed by atoms with Crippen LogP contribution in [0.1, 0.15) is 19.6 Å². The van der Waals surface area contributed by atoms with Crippen LogP contribution in [0.4, 0.5) is 0 Å². The van der Waals surface area contributed by atoms with Crippen molar-refractivity contribution in [2.45, 2.75) is 19.3 Å². The third-order valence-electron chi connectivity index (χ3n) is 1.55. The fraction of sp³-hybridized carbons (Fsp3) is 0.333. The molecule has 0 aromatic carbocycles. The molecule has 0 amide bonds. The number of halogens is 1. The van der Waals surface area contributed by atoms with E-state index in [1.807, 2.05) is 13.8 Å². The number of furan rings is 1. The molecule has 0 spiro atoms. The molecule has 0 saturated carbocycles. The summed E-state index contributed by atoms with van der Waals surface area (Å²) in [6.45, 7) is 3.81. The highest BCUT2D eigenvalue weighted by Crippen LogP contribution is 2.25. The third kappa shape index (κ3) is 1.58. The average molecular weight is 169 g/mol. The highest BCUT2D eigenvalue weighted by Gasteiger charge is 2.20. The molecule has 0 N–H and O–H groups in total. The number of terminal acetylenes is 1. The zero-order valence-corrected chi connectivity index (χ0v) is 7.27. The normalized spacial score (nSPS) is 11.1. The molecule has 1 nitrogen and oxygen atoms in total. The molecule has 0 saturated heterocycles. The van der Waals surface area contributed by atoms with Gasteiger partial charge in [-0.25, -0.2) is 0 Å². The van der Waals surface area contributed by atoms with Crippen molar-refractivity contribution in [2.75, 3.05) is 0 Å². The Hall–Kier alpha value is -0.870. The average Bonchev–Trinajstić information content (AvgIpc) is 2.36. The fourth-order valence-corrected chi connectivity index (χ4v) is 0.867. The quantitative estimate of drug-likeness (QED) is 0.588. The lowest BCUT2D eigenvalue weighted by Crippen LogP contribution is -2.11. The lowest BCUT2D eigenvalue weighted by atomic mass is 9.92. The zero-order chi connectivity index (χ0) is 8.48. The number of hydrogen-bond acceptors (Lipinski definition) is 1. The predicted molar refractivity (Wildman–Crippen MR) is 45.6 cm³/mol. The number of hydrogen-bond donors (Lipinski definition) is 0. The first-order valence-electron chi connectivity index (χ1n) is 3.30. The van der Waals surface area contributed by atoms with E-state index in [0.29, 0.717) is 5.22 Å². The Kier molecular flexibility index (Phi) is 1.97. The highest BCUT2D eigenvalue weighted by molar-refractivity contribution is 6.28. The van der Waals surface area contributed by atoms with Gasteiger partial charge in [-0.2, -0.15) is 0 Å². The van der Waals surface area contributed by atoms with Gasteiger partial charge in [0.1, 0.15) is 5.76 Å². The molecule has 0 fully saturated rings. The minimum absolute atomic E-state index is 0.368. The van der Waals surface area contributed by atoms with Crippen LogP contribution in [0, 0.1) is 12.3 Å². The van der Waals surface area contributed by atoms with Crippen molar-refractivity contribution in [1.82, 2.24) is 0 Å². The van der Waals surface area contributed by atoms with Gasteiger partial charge in [0, 0.05) is 0 Å². The molecule has 11 heavy (non-hydrogen) atoms. The molecule has 0 radical (unpaired) electrons. The van der Waals surface area contributed by atoms with Crippen molar-refractivity contribution in [3.8, 4) is 12.3 Å². The molecule has 58 valence electrons. The Bertz CT molecular complexity index is 291. The molecule has 1 aromatic heterocycles. The summed E-state index contributed by atoms with van der Waals surface area (Å²) < 4.78 is 5.16. The van der Waals surface area contributed by atoms with Crippen LogP contribution in [-0.4, -0.2) is 0 Å². The lowest BCUT2D eigenvalue weighted by molar-refractivity contribution is 0.448. The van der Waals surface area contributed by atoms with E-state index >= 15 is 0 Å². The van der Waals surface area contributed by atoms with Gasteiger partial charge in [-0.05, 0) is 37.6 Å². The lowest BCUT2D eigenvalue weighted by Gasteiger charge is -2.12. The molecule has 1 rings (SSSR count). The predicted octanol–water partition coefficient (Wildman–Crippen LogP) is 2.84. The monoisotopic (exact) mass is 168 g/mol. The Labute approximate surface area is 71.4 Å². The fourth-order valence-electron chi connectivity index (χ4n) is 0.721. The summed E-state index contributed by atoms with van der Waals surface area (Å²) in [6, 6.07) is 3.48. The third-order valence-corrected chi connectivity index (χ3v) is 1.75. The van der Waals surface area contributed by atoms with Gasteiger partial charge in [0.15, 0.2) is 5.22 Å². The summed E-state index contributed by atoms with van der Waals surface area (Å²) in [4.78, 5) is 0. The second-order valence-electron chi connectivity index (χ2n) is 2.87. The molecule has 0 aliphatic rings. The topological polar surface area (TPSA) is 13.1 Å². The second-order valence-corrected chi connectivity index (χ2v) is 3.25.